The molecule has 1 heterocycles. The molecule has 19 heavy (non-hydrogen) atoms. The van der Waals surface area contributed by atoms with Gasteiger partial charge in [0, 0.05) is 17.3 Å². The van der Waals surface area contributed by atoms with E-state index in [9.17, 15) is 4.39 Å². The van der Waals surface area contributed by atoms with Crippen LogP contribution in [0.4, 0.5) is 4.39 Å². The van der Waals surface area contributed by atoms with Gasteiger partial charge in [-0.25, -0.2) is 9.37 Å². The van der Waals surface area contributed by atoms with Crippen molar-refractivity contribution in [1.82, 2.24) is 10.3 Å². The van der Waals surface area contributed by atoms with Gasteiger partial charge in [-0.05, 0) is 38.1 Å². The van der Waals surface area contributed by atoms with Crippen molar-refractivity contribution in [1.29, 1.82) is 0 Å². The van der Waals surface area contributed by atoms with E-state index in [2.05, 4.69) is 24.1 Å². The Kier molecular flexibility index (Phi) is 4.66. The fourth-order valence-corrected chi connectivity index (χ4v) is 3.25. The summed E-state index contributed by atoms with van der Waals surface area (Å²) in [7, 11) is 0. The molecule has 0 radical (unpaired) electrons. The summed E-state index contributed by atoms with van der Waals surface area (Å²) >= 11 is 1.74. The molecule has 1 N–H and O–H groups in total. The Morgan fingerprint density at radius 2 is 2.00 bits per heavy atom. The minimum atomic E-state index is -0.194. The van der Waals surface area contributed by atoms with Crippen LogP contribution in [0.3, 0.4) is 0 Å². The molecular formula is C15H19FN2S. The zero-order valence-corrected chi connectivity index (χ0v) is 12.4. The number of benzene rings is 1. The van der Waals surface area contributed by atoms with Gasteiger partial charge in [0.2, 0.25) is 0 Å². The fourth-order valence-electron chi connectivity index (χ4n) is 2.12. The topological polar surface area (TPSA) is 24.9 Å². The number of aryl methyl sites for hydroxylation is 1. The Balaban J connectivity index is 2.13. The molecule has 2 aromatic rings. The number of hydrogen-bond donors (Lipinski definition) is 1. The van der Waals surface area contributed by atoms with Crippen molar-refractivity contribution in [2.75, 3.05) is 6.54 Å². The molecule has 1 unspecified atom stereocenters. The summed E-state index contributed by atoms with van der Waals surface area (Å²) in [5.41, 5.74) is 2.19. The van der Waals surface area contributed by atoms with Crippen molar-refractivity contribution in [3.05, 3.63) is 51.2 Å². The van der Waals surface area contributed by atoms with E-state index in [1.165, 1.54) is 17.0 Å². The fraction of sp³-hybridized carbons (Fsp3) is 0.400. The molecule has 0 fully saturated rings. The third-order valence-corrected chi connectivity index (χ3v) is 4.39. The summed E-state index contributed by atoms with van der Waals surface area (Å²) in [5.74, 6) is -0.194. The first-order valence-corrected chi connectivity index (χ1v) is 7.35. The normalized spacial score (nSPS) is 12.6. The second kappa shape index (κ2) is 6.26. The van der Waals surface area contributed by atoms with Crippen LogP contribution in [0.2, 0.25) is 0 Å². The maximum atomic E-state index is 12.9. The average molecular weight is 278 g/mol. The van der Waals surface area contributed by atoms with Crippen LogP contribution >= 0.6 is 11.3 Å². The lowest BCUT2D eigenvalue weighted by atomic mass is 10.1. The number of hydrogen-bond acceptors (Lipinski definition) is 3. The van der Waals surface area contributed by atoms with E-state index in [0.717, 1.165) is 29.2 Å². The van der Waals surface area contributed by atoms with Crippen molar-refractivity contribution in [2.24, 2.45) is 0 Å². The molecule has 1 aromatic heterocycles. The quantitative estimate of drug-likeness (QED) is 0.898. The van der Waals surface area contributed by atoms with Gasteiger partial charge in [-0.1, -0.05) is 19.1 Å². The summed E-state index contributed by atoms with van der Waals surface area (Å²) in [5, 5.41) is 4.49. The van der Waals surface area contributed by atoms with Gasteiger partial charge in [0.15, 0.2) is 0 Å². The van der Waals surface area contributed by atoms with Gasteiger partial charge < -0.3 is 5.32 Å². The minimum absolute atomic E-state index is 0.194. The van der Waals surface area contributed by atoms with Crippen LogP contribution in [-0.2, 0) is 6.42 Å². The van der Waals surface area contributed by atoms with Crippen LogP contribution in [0.25, 0.3) is 0 Å². The van der Waals surface area contributed by atoms with Crippen LogP contribution in [-0.4, -0.2) is 11.5 Å². The van der Waals surface area contributed by atoms with E-state index in [4.69, 9.17) is 0 Å². The number of nitrogens with zero attached hydrogens (tertiary/aromatic N) is 1. The molecule has 102 valence electrons. The van der Waals surface area contributed by atoms with Gasteiger partial charge in [0.05, 0.1) is 10.7 Å². The zero-order valence-electron chi connectivity index (χ0n) is 11.5. The highest BCUT2D eigenvalue weighted by Crippen LogP contribution is 2.26. The number of halogens is 1. The van der Waals surface area contributed by atoms with Gasteiger partial charge in [0.1, 0.15) is 5.82 Å². The van der Waals surface area contributed by atoms with E-state index in [-0.39, 0.29) is 5.82 Å². The van der Waals surface area contributed by atoms with Gasteiger partial charge in [-0.15, -0.1) is 11.3 Å². The lowest BCUT2D eigenvalue weighted by Gasteiger charge is -2.09. The molecule has 2 rings (SSSR count). The van der Waals surface area contributed by atoms with Crippen molar-refractivity contribution in [2.45, 2.75) is 33.2 Å². The molecule has 0 amide bonds. The first-order valence-electron chi connectivity index (χ1n) is 6.54. The predicted molar refractivity (Wildman–Crippen MR) is 78.1 cm³/mol. The Morgan fingerprint density at radius 3 is 2.63 bits per heavy atom. The van der Waals surface area contributed by atoms with Crippen LogP contribution in [0.1, 0.15) is 41.0 Å². The highest BCUT2D eigenvalue weighted by molar-refractivity contribution is 7.11. The Hall–Kier alpha value is -1.26. The third-order valence-electron chi connectivity index (χ3n) is 3.05. The third kappa shape index (κ3) is 3.61. The van der Waals surface area contributed by atoms with Crippen molar-refractivity contribution in [3.8, 4) is 0 Å². The summed E-state index contributed by atoms with van der Waals surface area (Å²) in [6.45, 7) is 7.26. The smallest absolute Gasteiger partial charge is 0.123 e. The molecule has 0 saturated heterocycles. The average Bonchev–Trinajstić information content (AvgIpc) is 2.74. The van der Waals surface area contributed by atoms with Crippen molar-refractivity contribution < 1.29 is 4.39 Å². The summed E-state index contributed by atoms with van der Waals surface area (Å²) in [4.78, 5) is 5.91. The molecule has 0 aliphatic heterocycles. The summed E-state index contributed by atoms with van der Waals surface area (Å²) in [6, 6.07) is 6.97. The molecule has 0 aliphatic rings. The summed E-state index contributed by atoms with van der Waals surface area (Å²) in [6.07, 6.45) is 0.768. The monoisotopic (exact) mass is 278 g/mol. The van der Waals surface area contributed by atoms with E-state index in [0.29, 0.717) is 6.04 Å². The van der Waals surface area contributed by atoms with Gasteiger partial charge in [-0.3, -0.25) is 0 Å². The molecule has 1 aromatic carbocycles. The van der Waals surface area contributed by atoms with Gasteiger partial charge >= 0.3 is 0 Å². The molecule has 0 spiro atoms. The molecule has 0 bridgehead atoms. The van der Waals surface area contributed by atoms with Gasteiger partial charge in [0.25, 0.3) is 0 Å². The number of rotatable bonds is 5. The highest BCUT2D eigenvalue weighted by Gasteiger charge is 2.13. The lowest BCUT2D eigenvalue weighted by molar-refractivity contribution is 0.603. The zero-order chi connectivity index (χ0) is 13.8. The number of aromatic nitrogens is 1. The molecule has 0 aliphatic carbocycles. The summed E-state index contributed by atoms with van der Waals surface area (Å²) < 4.78 is 12.9. The Bertz CT molecular complexity index is 534. The lowest BCUT2D eigenvalue weighted by Crippen LogP contribution is -2.17. The second-order valence-electron chi connectivity index (χ2n) is 4.64. The number of nitrogens with one attached hydrogen (secondary N) is 1. The molecule has 2 nitrogen and oxygen atoms in total. The minimum Gasteiger partial charge on any atom is -0.310 e. The molecule has 1 atom stereocenters. The van der Waals surface area contributed by atoms with Crippen LogP contribution in [0, 0.1) is 12.7 Å². The van der Waals surface area contributed by atoms with Crippen LogP contribution < -0.4 is 5.32 Å². The van der Waals surface area contributed by atoms with Crippen LogP contribution in [0.5, 0.6) is 0 Å². The largest absolute Gasteiger partial charge is 0.310 e. The first kappa shape index (κ1) is 14.2. The molecular weight excluding hydrogens is 259 g/mol. The molecule has 4 heteroatoms. The predicted octanol–water partition coefficient (Wildman–Crippen LogP) is 3.85. The SMILES string of the molecule is CCNC(C)c1sc(Cc2ccc(F)cc2)nc1C. The maximum Gasteiger partial charge on any atom is 0.123 e. The van der Waals surface area contributed by atoms with E-state index in [1.54, 1.807) is 11.3 Å². The van der Waals surface area contributed by atoms with E-state index < -0.39 is 0 Å². The molecule has 0 saturated carbocycles. The number of thiazole rings is 1. The van der Waals surface area contributed by atoms with E-state index in [1.807, 2.05) is 19.1 Å². The Morgan fingerprint density at radius 1 is 1.32 bits per heavy atom. The standard InChI is InChI=1S/C15H19FN2S/c1-4-17-10(2)15-11(3)18-14(19-15)9-12-5-7-13(16)8-6-12/h5-8,10,17H,4,9H2,1-3H3. The van der Waals surface area contributed by atoms with Crippen LogP contribution in [0.15, 0.2) is 24.3 Å². The van der Waals surface area contributed by atoms with Gasteiger partial charge in [-0.2, -0.15) is 0 Å². The highest BCUT2D eigenvalue weighted by atomic mass is 32.1. The second-order valence-corrected chi connectivity index (χ2v) is 5.76. The maximum absolute atomic E-state index is 12.9. The van der Waals surface area contributed by atoms with E-state index >= 15 is 0 Å². The Labute approximate surface area is 117 Å². The van der Waals surface area contributed by atoms with Crippen molar-refractivity contribution in [3.63, 3.8) is 0 Å². The van der Waals surface area contributed by atoms with Crippen molar-refractivity contribution >= 4 is 11.3 Å². The first-order chi connectivity index (χ1) is 9.10.